The van der Waals surface area contributed by atoms with Gasteiger partial charge < -0.3 is 15.5 Å². The molecule has 1 aromatic rings. The van der Waals surface area contributed by atoms with Crippen molar-refractivity contribution in [2.24, 2.45) is 5.92 Å². The zero-order chi connectivity index (χ0) is 17.7. The molecule has 1 fully saturated rings. The van der Waals surface area contributed by atoms with Crippen LogP contribution < -0.4 is 15.5 Å². The Hall–Kier alpha value is -1.89. The van der Waals surface area contributed by atoms with Crippen LogP contribution in [0.1, 0.15) is 25.3 Å². The molecule has 0 aromatic heterocycles. The molecule has 0 bridgehead atoms. The lowest BCUT2D eigenvalue weighted by Crippen LogP contribution is -2.40. The van der Waals surface area contributed by atoms with Crippen LogP contribution in [0.2, 0.25) is 0 Å². The molecule has 1 aromatic carbocycles. The third-order valence-corrected chi connectivity index (χ3v) is 4.83. The van der Waals surface area contributed by atoms with Crippen molar-refractivity contribution in [2.45, 2.75) is 26.7 Å². The molecule has 1 aliphatic heterocycles. The van der Waals surface area contributed by atoms with E-state index in [0.717, 1.165) is 22.1 Å². The zero-order valence-corrected chi connectivity index (χ0v) is 15.5. The van der Waals surface area contributed by atoms with Crippen molar-refractivity contribution in [3.8, 4) is 0 Å². The van der Waals surface area contributed by atoms with Crippen LogP contribution in [-0.2, 0) is 14.4 Å². The number of benzene rings is 1. The van der Waals surface area contributed by atoms with Gasteiger partial charge in [-0.25, -0.2) is 0 Å². The first kappa shape index (κ1) is 18.4. The number of nitrogens with zero attached hydrogens (tertiary/aromatic N) is 1. The summed E-state index contributed by atoms with van der Waals surface area (Å²) in [5.74, 6) is -0.978. The van der Waals surface area contributed by atoms with Gasteiger partial charge in [0.25, 0.3) is 0 Å². The molecule has 2 rings (SSSR count). The lowest BCUT2D eigenvalue weighted by atomic mass is 10.1. The number of amides is 3. The number of carbonyl (C=O) groups is 3. The average Bonchev–Trinajstić information content (AvgIpc) is 2.95. The summed E-state index contributed by atoms with van der Waals surface area (Å²) >= 11 is 3.43. The summed E-state index contributed by atoms with van der Waals surface area (Å²) in [4.78, 5) is 37.6. The van der Waals surface area contributed by atoms with E-state index in [-0.39, 0.29) is 30.7 Å². The van der Waals surface area contributed by atoms with Crippen LogP contribution in [0.25, 0.3) is 0 Å². The smallest absolute Gasteiger partial charge is 0.239 e. The highest BCUT2D eigenvalue weighted by Gasteiger charge is 2.35. The molecule has 0 saturated carbocycles. The number of hydrogen-bond acceptors (Lipinski definition) is 3. The minimum absolute atomic E-state index is 0.0546. The zero-order valence-electron chi connectivity index (χ0n) is 13.9. The number of nitrogens with one attached hydrogen (secondary N) is 2. The molecule has 0 unspecified atom stereocenters. The second-order valence-electron chi connectivity index (χ2n) is 5.91. The van der Waals surface area contributed by atoms with Gasteiger partial charge in [0.1, 0.15) is 0 Å². The van der Waals surface area contributed by atoms with Crippen molar-refractivity contribution in [1.29, 1.82) is 0 Å². The first-order chi connectivity index (χ1) is 11.4. The van der Waals surface area contributed by atoms with Gasteiger partial charge in [-0.3, -0.25) is 14.4 Å². The normalized spacial score (nSPS) is 17.0. The maximum absolute atomic E-state index is 12.2. The molecule has 1 saturated heterocycles. The van der Waals surface area contributed by atoms with Crippen LogP contribution in [0, 0.1) is 12.8 Å². The first-order valence-electron chi connectivity index (χ1n) is 8.03. The van der Waals surface area contributed by atoms with Crippen molar-refractivity contribution in [3.63, 3.8) is 0 Å². The number of rotatable bonds is 6. The topological polar surface area (TPSA) is 78.5 Å². The van der Waals surface area contributed by atoms with Gasteiger partial charge in [0.05, 0.1) is 12.5 Å². The van der Waals surface area contributed by atoms with Gasteiger partial charge in [0.15, 0.2) is 0 Å². The van der Waals surface area contributed by atoms with Crippen molar-refractivity contribution in [2.75, 3.05) is 24.5 Å². The molecule has 130 valence electrons. The van der Waals surface area contributed by atoms with Crippen molar-refractivity contribution in [3.05, 3.63) is 28.2 Å². The lowest BCUT2D eigenvalue weighted by molar-refractivity contribution is -0.128. The fourth-order valence-corrected chi connectivity index (χ4v) is 2.81. The van der Waals surface area contributed by atoms with Crippen LogP contribution in [-0.4, -0.2) is 37.4 Å². The fraction of sp³-hybridized carbons (Fsp3) is 0.471. The quantitative estimate of drug-likeness (QED) is 0.769. The Kier molecular flexibility index (Phi) is 6.36. The maximum Gasteiger partial charge on any atom is 0.239 e. The van der Waals surface area contributed by atoms with Gasteiger partial charge in [-0.15, -0.1) is 0 Å². The SMILES string of the molecule is CCCNC(=O)CNC(=O)[C@@H]1CC(=O)N(c2ccc(Br)c(C)c2)C1. The molecule has 0 radical (unpaired) electrons. The summed E-state index contributed by atoms with van der Waals surface area (Å²) in [6.45, 7) is 4.78. The van der Waals surface area contributed by atoms with E-state index < -0.39 is 5.92 Å². The van der Waals surface area contributed by atoms with E-state index >= 15 is 0 Å². The number of hydrogen-bond donors (Lipinski definition) is 2. The van der Waals surface area contributed by atoms with Gasteiger partial charge in [-0.2, -0.15) is 0 Å². The molecule has 3 amide bonds. The van der Waals surface area contributed by atoms with Gasteiger partial charge in [0, 0.05) is 29.7 Å². The average molecular weight is 396 g/mol. The predicted octanol–water partition coefficient (Wildman–Crippen LogP) is 1.75. The predicted molar refractivity (Wildman–Crippen MR) is 95.6 cm³/mol. The molecule has 24 heavy (non-hydrogen) atoms. The summed E-state index contributed by atoms with van der Waals surface area (Å²) < 4.78 is 0.977. The summed E-state index contributed by atoms with van der Waals surface area (Å²) in [6.07, 6.45) is 1.01. The molecule has 6 nitrogen and oxygen atoms in total. The largest absolute Gasteiger partial charge is 0.355 e. The summed E-state index contributed by atoms with van der Waals surface area (Å²) in [6, 6.07) is 5.66. The number of carbonyl (C=O) groups excluding carboxylic acids is 3. The Balaban J connectivity index is 1.92. The molecule has 2 N–H and O–H groups in total. The molecular weight excluding hydrogens is 374 g/mol. The van der Waals surface area contributed by atoms with Crippen molar-refractivity contribution in [1.82, 2.24) is 10.6 Å². The second-order valence-corrected chi connectivity index (χ2v) is 6.76. The molecular formula is C17H22BrN3O3. The second kappa shape index (κ2) is 8.28. The van der Waals surface area contributed by atoms with E-state index in [0.29, 0.717) is 13.1 Å². The molecule has 1 heterocycles. The van der Waals surface area contributed by atoms with Gasteiger partial charge >= 0.3 is 0 Å². The highest BCUT2D eigenvalue weighted by molar-refractivity contribution is 9.10. The van der Waals surface area contributed by atoms with Crippen LogP contribution in [0.5, 0.6) is 0 Å². The highest BCUT2D eigenvalue weighted by Crippen LogP contribution is 2.28. The maximum atomic E-state index is 12.2. The molecule has 1 atom stereocenters. The van der Waals surface area contributed by atoms with E-state index in [1.54, 1.807) is 4.90 Å². The third kappa shape index (κ3) is 4.56. The Bertz CT molecular complexity index is 648. The van der Waals surface area contributed by atoms with Gasteiger partial charge in [0.2, 0.25) is 17.7 Å². The Morgan fingerprint density at radius 2 is 2.08 bits per heavy atom. The van der Waals surface area contributed by atoms with E-state index in [1.807, 2.05) is 32.0 Å². The summed E-state index contributed by atoms with van der Waals surface area (Å²) in [7, 11) is 0. The van der Waals surface area contributed by atoms with Crippen LogP contribution in [0.15, 0.2) is 22.7 Å². The minimum atomic E-state index is -0.430. The van der Waals surface area contributed by atoms with Gasteiger partial charge in [-0.1, -0.05) is 22.9 Å². The molecule has 1 aliphatic rings. The molecule has 7 heteroatoms. The van der Waals surface area contributed by atoms with E-state index in [9.17, 15) is 14.4 Å². The monoisotopic (exact) mass is 395 g/mol. The van der Waals surface area contributed by atoms with E-state index in [2.05, 4.69) is 26.6 Å². The number of anilines is 1. The van der Waals surface area contributed by atoms with Crippen LogP contribution in [0.3, 0.4) is 0 Å². The lowest BCUT2D eigenvalue weighted by Gasteiger charge is -2.17. The number of aryl methyl sites for hydroxylation is 1. The molecule has 0 aliphatic carbocycles. The summed E-state index contributed by atoms with van der Waals surface area (Å²) in [5.41, 5.74) is 1.82. The fourth-order valence-electron chi connectivity index (χ4n) is 2.57. The van der Waals surface area contributed by atoms with Crippen molar-refractivity contribution < 1.29 is 14.4 Å². The Labute approximate surface area is 150 Å². The number of halogens is 1. The Morgan fingerprint density at radius 3 is 2.75 bits per heavy atom. The first-order valence-corrected chi connectivity index (χ1v) is 8.82. The minimum Gasteiger partial charge on any atom is -0.355 e. The highest BCUT2D eigenvalue weighted by atomic mass is 79.9. The summed E-state index contributed by atoms with van der Waals surface area (Å²) in [5, 5.41) is 5.31. The standard InChI is InChI=1S/C17H22BrN3O3/c1-3-6-19-15(22)9-20-17(24)12-8-16(23)21(10-12)13-4-5-14(18)11(2)7-13/h4-5,7,12H,3,6,8-10H2,1-2H3,(H,19,22)(H,20,24)/t12-/m1/s1. The molecule has 0 spiro atoms. The van der Waals surface area contributed by atoms with E-state index in [1.165, 1.54) is 0 Å². The van der Waals surface area contributed by atoms with E-state index in [4.69, 9.17) is 0 Å². The third-order valence-electron chi connectivity index (χ3n) is 3.94. The van der Waals surface area contributed by atoms with Crippen molar-refractivity contribution >= 4 is 39.3 Å². The van der Waals surface area contributed by atoms with Crippen LogP contribution in [0.4, 0.5) is 5.69 Å². The Morgan fingerprint density at radius 1 is 1.33 bits per heavy atom. The van der Waals surface area contributed by atoms with Crippen LogP contribution >= 0.6 is 15.9 Å². The van der Waals surface area contributed by atoms with Gasteiger partial charge in [-0.05, 0) is 37.1 Å².